The van der Waals surface area contributed by atoms with Gasteiger partial charge in [0.15, 0.2) is 0 Å². The van der Waals surface area contributed by atoms with Crippen molar-refractivity contribution in [1.82, 2.24) is 4.98 Å². The van der Waals surface area contributed by atoms with Crippen LogP contribution in [0.5, 0.6) is 0 Å². The van der Waals surface area contributed by atoms with E-state index in [2.05, 4.69) is 4.98 Å². The zero-order valence-electron chi connectivity index (χ0n) is 14.4. The first-order valence-electron chi connectivity index (χ1n) is 8.84. The highest BCUT2D eigenvalue weighted by Gasteiger charge is 2.24. The van der Waals surface area contributed by atoms with Gasteiger partial charge in [0.2, 0.25) is 0 Å². The van der Waals surface area contributed by atoms with Crippen molar-refractivity contribution in [3.8, 4) is 0 Å². The Labute approximate surface area is 142 Å². The quantitative estimate of drug-likeness (QED) is 0.881. The molecule has 2 fully saturated rings. The summed E-state index contributed by atoms with van der Waals surface area (Å²) < 4.78 is 23.6. The second kappa shape index (κ2) is 9.79. The van der Waals surface area contributed by atoms with Gasteiger partial charge in [-0.2, -0.15) is 0 Å². The van der Waals surface area contributed by atoms with Gasteiger partial charge in [0.25, 0.3) is 5.56 Å². The summed E-state index contributed by atoms with van der Waals surface area (Å²) in [6.07, 6.45) is 9.97. The van der Waals surface area contributed by atoms with E-state index in [1.54, 1.807) is 12.3 Å². The van der Waals surface area contributed by atoms with E-state index < -0.39 is 6.17 Å². The molecular formula is C18H29FN2O3. The number of hydrogen-bond acceptors (Lipinski definition) is 4. The van der Waals surface area contributed by atoms with E-state index in [1.807, 2.05) is 7.11 Å². The second-order valence-corrected chi connectivity index (χ2v) is 6.63. The van der Waals surface area contributed by atoms with E-state index >= 15 is 0 Å². The number of ether oxygens (including phenoxy) is 2. The lowest BCUT2D eigenvalue weighted by Crippen LogP contribution is -2.13. The average Bonchev–Trinajstić information content (AvgIpc) is 3.03. The Morgan fingerprint density at radius 2 is 1.96 bits per heavy atom. The summed E-state index contributed by atoms with van der Waals surface area (Å²) >= 11 is 0. The van der Waals surface area contributed by atoms with E-state index in [-0.39, 0.29) is 17.4 Å². The van der Waals surface area contributed by atoms with Crippen LogP contribution in [0, 0.1) is 0 Å². The minimum absolute atomic E-state index is 0.0110. The molecule has 1 aromatic heterocycles. The number of pyridine rings is 1. The van der Waals surface area contributed by atoms with E-state index in [1.165, 1.54) is 32.1 Å². The number of aromatic nitrogens is 1. The van der Waals surface area contributed by atoms with Gasteiger partial charge in [-0.1, -0.05) is 19.3 Å². The van der Waals surface area contributed by atoms with Crippen LogP contribution in [0.1, 0.15) is 56.9 Å². The number of nitrogens with one attached hydrogen (secondary N) is 1. The molecule has 0 saturated heterocycles. The summed E-state index contributed by atoms with van der Waals surface area (Å²) in [6, 6.07) is 1.58. The maximum Gasteiger partial charge on any atom is 0.271 e. The average molecular weight is 340 g/mol. The molecule has 1 heterocycles. The van der Waals surface area contributed by atoms with Crippen LogP contribution < -0.4 is 11.3 Å². The molecule has 2 saturated carbocycles. The van der Waals surface area contributed by atoms with Crippen LogP contribution in [0.4, 0.5) is 10.1 Å². The highest BCUT2D eigenvalue weighted by Crippen LogP contribution is 2.25. The van der Waals surface area contributed by atoms with E-state index in [0.29, 0.717) is 25.6 Å². The van der Waals surface area contributed by atoms with Gasteiger partial charge in [-0.3, -0.25) is 4.79 Å². The molecule has 1 aromatic rings. The Bertz CT molecular complexity index is 543. The molecular weight excluding hydrogens is 311 g/mol. The summed E-state index contributed by atoms with van der Waals surface area (Å²) in [7, 11) is 1.82. The summed E-state index contributed by atoms with van der Waals surface area (Å²) in [5, 5.41) is 0. The topological polar surface area (TPSA) is 77.3 Å². The lowest BCUT2D eigenvalue weighted by atomic mass is 9.98. The number of nitrogen functional groups attached to an aromatic ring is 1. The fourth-order valence-electron chi connectivity index (χ4n) is 3.19. The fraction of sp³-hybridized carbons (Fsp3) is 0.722. The van der Waals surface area contributed by atoms with Crippen molar-refractivity contribution in [2.45, 2.75) is 76.4 Å². The van der Waals surface area contributed by atoms with Crippen LogP contribution in [0.3, 0.4) is 0 Å². The van der Waals surface area contributed by atoms with Gasteiger partial charge in [0.05, 0.1) is 24.5 Å². The van der Waals surface area contributed by atoms with Crippen LogP contribution in [0.25, 0.3) is 0 Å². The Morgan fingerprint density at radius 3 is 2.50 bits per heavy atom. The number of methoxy groups -OCH3 is 1. The summed E-state index contributed by atoms with van der Waals surface area (Å²) in [5.74, 6) is 0. The molecule has 24 heavy (non-hydrogen) atoms. The molecule has 2 atom stereocenters. The molecule has 136 valence electrons. The Balaban J connectivity index is 0.000000219. The number of aromatic amines is 1. The third-order valence-corrected chi connectivity index (χ3v) is 4.68. The number of H-pyrrole nitrogens is 1. The van der Waals surface area contributed by atoms with Crippen molar-refractivity contribution in [3.63, 3.8) is 0 Å². The zero-order valence-corrected chi connectivity index (χ0v) is 14.4. The number of halogens is 1. The van der Waals surface area contributed by atoms with Gasteiger partial charge in [-0.15, -0.1) is 0 Å². The van der Waals surface area contributed by atoms with Gasteiger partial charge in [-0.05, 0) is 37.3 Å². The van der Waals surface area contributed by atoms with Crippen LogP contribution in [0.2, 0.25) is 0 Å². The SMILES string of the molecule is COC1CCCCC1.Nc1cc(COC2CCC(F)C2)c[nH]c1=O. The molecule has 0 amide bonds. The molecule has 0 bridgehead atoms. The lowest BCUT2D eigenvalue weighted by Gasteiger charge is -2.19. The van der Waals surface area contributed by atoms with Crippen molar-refractivity contribution in [3.05, 3.63) is 28.2 Å². The highest BCUT2D eigenvalue weighted by molar-refractivity contribution is 5.36. The number of anilines is 1. The van der Waals surface area contributed by atoms with Crippen LogP contribution >= 0.6 is 0 Å². The van der Waals surface area contributed by atoms with Crippen LogP contribution in [-0.2, 0) is 16.1 Å². The molecule has 0 radical (unpaired) electrons. The molecule has 2 unspecified atom stereocenters. The van der Waals surface area contributed by atoms with Crippen molar-refractivity contribution in [2.24, 2.45) is 0 Å². The van der Waals surface area contributed by atoms with E-state index in [9.17, 15) is 9.18 Å². The number of nitrogens with two attached hydrogens (primary N) is 1. The maximum atomic E-state index is 12.9. The monoisotopic (exact) mass is 340 g/mol. The minimum atomic E-state index is -0.731. The summed E-state index contributed by atoms with van der Waals surface area (Å²) in [4.78, 5) is 13.5. The predicted octanol–water partition coefficient (Wildman–Crippen LogP) is 3.33. The second-order valence-electron chi connectivity index (χ2n) is 6.63. The molecule has 3 N–H and O–H groups in total. The molecule has 0 aromatic carbocycles. The standard InChI is InChI=1S/C11H15FN2O2.C7H14O/c12-8-1-2-9(4-8)16-6-7-3-10(13)11(15)14-5-7;1-8-7-5-3-2-4-6-7/h3,5,8-9H,1-2,4,6,13H2,(H,14,15);7H,2-6H2,1H3. The number of rotatable bonds is 4. The first-order valence-corrected chi connectivity index (χ1v) is 8.84. The molecule has 6 heteroatoms. The van der Waals surface area contributed by atoms with Gasteiger partial charge < -0.3 is 20.2 Å². The largest absolute Gasteiger partial charge is 0.394 e. The predicted molar refractivity (Wildman–Crippen MR) is 92.7 cm³/mol. The van der Waals surface area contributed by atoms with Crippen molar-refractivity contribution in [1.29, 1.82) is 0 Å². The van der Waals surface area contributed by atoms with Crippen LogP contribution in [0.15, 0.2) is 17.1 Å². The third-order valence-electron chi connectivity index (χ3n) is 4.68. The summed E-state index contributed by atoms with van der Waals surface area (Å²) in [5.41, 5.74) is 6.15. The third kappa shape index (κ3) is 6.24. The lowest BCUT2D eigenvalue weighted by molar-refractivity contribution is 0.0413. The Kier molecular flexibility index (Phi) is 7.72. The van der Waals surface area contributed by atoms with Crippen molar-refractivity contribution < 1.29 is 13.9 Å². The van der Waals surface area contributed by atoms with Gasteiger partial charge >= 0.3 is 0 Å². The number of hydrogen-bond donors (Lipinski definition) is 2. The molecule has 2 aliphatic rings. The first-order chi connectivity index (χ1) is 11.6. The Morgan fingerprint density at radius 1 is 1.21 bits per heavy atom. The molecule has 0 aliphatic heterocycles. The van der Waals surface area contributed by atoms with Gasteiger partial charge in [0, 0.05) is 19.7 Å². The van der Waals surface area contributed by atoms with Gasteiger partial charge in [-0.25, -0.2) is 4.39 Å². The van der Waals surface area contributed by atoms with Crippen LogP contribution in [-0.4, -0.2) is 30.5 Å². The Hall–Kier alpha value is -1.40. The van der Waals surface area contributed by atoms with Gasteiger partial charge in [0.1, 0.15) is 6.17 Å². The smallest absolute Gasteiger partial charge is 0.271 e. The van der Waals surface area contributed by atoms with Crippen molar-refractivity contribution in [2.75, 3.05) is 12.8 Å². The highest BCUT2D eigenvalue weighted by atomic mass is 19.1. The molecule has 5 nitrogen and oxygen atoms in total. The molecule has 2 aliphatic carbocycles. The fourth-order valence-corrected chi connectivity index (χ4v) is 3.19. The van der Waals surface area contributed by atoms with E-state index in [0.717, 1.165) is 12.0 Å². The van der Waals surface area contributed by atoms with E-state index in [4.69, 9.17) is 15.2 Å². The molecule has 0 spiro atoms. The normalized spacial score (nSPS) is 24.4. The maximum absolute atomic E-state index is 12.9. The zero-order chi connectivity index (χ0) is 17.4. The minimum Gasteiger partial charge on any atom is -0.394 e. The number of alkyl halides is 1. The van der Waals surface area contributed by atoms with Crippen molar-refractivity contribution >= 4 is 5.69 Å². The first kappa shape index (κ1) is 18.9. The summed E-state index contributed by atoms with van der Waals surface area (Å²) in [6.45, 7) is 0.359. The molecule has 3 rings (SSSR count).